The Kier molecular flexibility index (Phi) is 5.76. The number of hydrogen-bond acceptors (Lipinski definition) is 1. The van der Waals surface area contributed by atoms with E-state index in [4.69, 9.17) is 23.2 Å². The maximum absolute atomic E-state index is 12.8. The van der Waals surface area contributed by atoms with Gasteiger partial charge in [0.1, 0.15) is 6.04 Å². The van der Waals surface area contributed by atoms with Gasteiger partial charge in [-0.1, -0.05) is 36.2 Å². The topological polar surface area (TPSA) is 12.0 Å². The highest BCUT2D eigenvalue weighted by molar-refractivity contribution is 6.36. The van der Waals surface area contributed by atoms with Crippen molar-refractivity contribution in [2.45, 2.75) is 32.0 Å². The summed E-state index contributed by atoms with van der Waals surface area (Å²) in [4.78, 5) is 0. The Balaban J connectivity index is 2.89. The second-order valence-corrected chi connectivity index (χ2v) is 4.77. The molecule has 0 radical (unpaired) electrons. The molecule has 102 valence electrons. The van der Waals surface area contributed by atoms with Crippen molar-refractivity contribution in [3.63, 3.8) is 0 Å². The van der Waals surface area contributed by atoms with E-state index in [1.54, 1.807) is 6.07 Å². The first-order valence-electron chi connectivity index (χ1n) is 5.59. The van der Waals surface area contributed by atoms with Gasteiger partial charge in [-0.3, -0.25) is 0 Å². The summed E-state index contributed by atoms with van der Waals surface area (Å²) < 4.78 is 38.5. The van der Waals surface area contributed by atoms with E-state index in [9.17, 15) is 13.2 Å². The Labute approximate surface area is 114 Å². The number of rotatable bonds is 5. The fourth-order valence-electron chi connectivity index (χ4n) is 1.55. The third kappa shape index (κ3) is 4.34. The largest absolute Gasteiger partial charge is 0.404 e. The third-order valence-corrected chi connectivity index (χ3v) is 3.21. The van der Waals surface area contributed by atoms with Crippen molar-refractivity contribution in [3.8, 4) is 0 Å². The monoisotopic (exact) mass is 299 g/mol. The summed E-state index contributed by atoms with van der Waals surface area (Å²) in [5.74, 6) is 0. The zero-order valence-corrected chi connectivity index (χ0v) is 11.3. The van der Waals surface area contributed by atoms with Gasteiger partial charge < -0.3 is 5.32 Å². The molecule has 0 spiro atoms. The van der Waals surface area contributed by atoms with Gasteiger partial charge >= 0.3 is 6.18 Å². The van der Waals surface area contributed by atoms with Gasteiger partial charge in [-0.25, -0.2) is 0 Å². The van der Waals surface area contributed by atoms with E-state index in [2.05, 4.69) is 5.32 Å². The average molecular weight is 300 g/mol. The normalized spacial score (nSPS) is 13.7. The van der Waals surface area contributed by atoms with E-state index in [1.165, 1.54) is 12.1 Å². The van der Waals surface area contributed by atoms with Crippen LogP contribution in [0.4, 0.5) is 13.2 Å². The smallest absolute Gasteiger partial charge is 0.306 e. The molecule has 0 aromatic heterocycles. The molecule has 1 nitrogen and oxygen atoms in total. The van der Waals surface area contributed by atoms with Crippen LogP contribution in [-0.2, 0) is 6.42 Å². The molecule has 1 unspecified atom stereocenters. The van der Waals surface area contributed by atoms with Gasteiger partial charge in [0.25, 0.3) is 0 Å². The molecule has 18 heavy (non-hydrogen) atoms. The highest BCUT2D eigenvalue weighted by Gasteiger charge is 2.39. The number of alkyl halides is 3. The number of benzene rings is 1. The molecular weight excluding hydrogens is 286 g/mol. The molecule has 0 fully saturated rings. The molecule has 0 bridgehead atoms. The van der Waals surface area contributed by atoms with Crippen LogP contribution in [0, 0.1) is 0 Å². The summed E-state index contributed by atoms with van der Waals surface area (Å²) >= 11 is 11.8. The van der Waals surface area contributed by atoms with Gasteiger partial charge in [0.15, 0.2) is 0 Å². The Bertz CT molecular complexity index is 373. The van der Waals surface area contributed by atoms with Gasteiger partial charge in [0.2, 0.25) is 0 Å². The molecule has 0 saturated heterocycles. The van der Waals surface area contributed by atoms with Crippen LogP contribution in [0.2, 0.25) is 10.0 Å². The first kappa shape index (κ1) is 15.6. The average Bonchev–Trinajstić information content (AvgIpc) is 2.26. The second kappa shape index (κ2) is 6.64. The Morgan fingerprint density at radius 1 is 1.22 bits per heavy atom. The molecule has 1 aromatic carbocycles. The molecule has 0 aliphatic heterocycles. The lowest BCUT2D eigenvalue weighted by atomic mass is 10.1. The summed E-state index contributed by atoms with van der Waals surface area (Å²) in [5, 5.41) is 2.99. The van der Waals surface area contributed by atoms with Gasteiger partial charge in [0.05, 0.1) is 0 Å². The molecule has 0 aliphatic rings. The van der Waals surface area contributed by atoms with Gasteiger partial charge in [-0.15, -0.1) is 0 Å². The molecule has 1 aromatic rings. The Morgan fingerprint density at radius 2 is 1.78 bits per heavy atom. The standard InChI is InChI=1S/C12H14Cl2F3N/c1-2-6-18-11(12(15,16)17)7-8-9(13)4-3-5-10(8)14/h3-5,11,18H,2,6-7H2,1H3. The summed E-state index contributed by atoms with van der Waals surface area (Å²) in [6.45, 7) is 2.11. The van der Waals surface area contributed by atoms with Crippen molar-refractivity contribution in [2.75, 3.05) is 6.54 Å². The second-order valence-electron chi connectivity index (χ2n) is 3.95. The third-order valence-electron chi connectivity index (χ3n) is 2.51. The summed E-state index contributed by atoms with van der Waals surface area (Å²) in [7, 11) is 0. The van der Waals surface area contributed by atoms with Crippen molar-refractivity contribution in [2.24, 2.45) is 0 Å². The summed E-state index contributed by atoms with van der Waals surface area (Å²) in [6, 6.07) is 3.05. The first-order valence-corrected chi connectivity index (χ1v) is 6.34. The molecule has 1 atom stereocenters. The van der Waals surface area contributed by atoms with Crippen molar-refractivity contribution in [3.05, 3.63) is 33.8 Å². The minimum Gasteiger partial charge on any atom is -0.306 e. The quantitative estimate of drug-likeness (QED) is 0.846. The first-order chi connectivity index (χ1) is 8.36. The SMILES string of the molecule is CCCNC(Cc1c(Cl)cccc1Cl)C(F)(F)F. The van der Waals surface area contributed by atoms with Crippen molar-refractivity contribution < 1.29 is 13.2 Å². The van der Waals surface area contributed by atoms with Gasteiger partial charge in [0, 0.05) is 10.0 Å². The number of halogens is 5. The zero-order valence-electron chi connectivity index (χ0n) is 9.82. The molecular formula is C12H14Cl2F3N. The van der Waals surface area contributed by atoms with Crippen molar-refractivity contribution >= 4 is 23.2 Å². The molecule has 1 rings (SSSR count). The van der Waals surface area contributed by atoms with E-state index < -0.39 is 12.2 Å². The van der Waals surface area contributed by atoms with E-state index in [1.807, 2.05) is 6.92 Å². The fraction of sp³-hybridized carbons (Fsp3) is 0.500. The predicted molar refractivity (Wildman–Crippen MR) is 68.3 cm³/mol. The van der Waals surface area contributed by atoms with Crippen LogP contribution in [0.25, 0.3) is 0 Å². The fourth-order valence-corrected chi connectivity index (χ4v) is 2.11. The van der Waals surface area contributed by atoms with Gasteiger partial charge in [-0.2, -0.15) is 13.2 Å². The van der Waals surface area contributed by atoms with E-state index in [0.717, 1.165) is 0 Å². The van der Waals surface area contributed by atoms with Crippen molar-refractivity contribution in [1.82, 2.24) is 5.32 Å². The van der Waals surface area contributed by atoms with Crippen LogP contribution in [0.15, 0.2) is 18.2 Å². The minimum atomic E-state index is -4.32. The van der Waals surface area contributed by atoms with Crippen molar-refractivity contribution in [1.29, 1.82) is 0 Å². The molecule has 0 saturated carbocycles. The van der Waals surface area contributed by atoms with Crippen LogP contribution in [-0.4, -0.2) is 18.8 Å². The van der Waals surface area contributed by atoms with E-state index >= 15 is 0 Å². The molecule has 1 N–H and O–H groups in total. The van der Waals surface area contributed by atoms with Gasteiger partial charge in [-0.05, 0) is 37.1 Å². The minimum absolute atomic E-state index is 0.259. The van der Waals surface area contributed by atoms with E-state index in [-0.39, 0.29) is 16.5 Å². The van der Waals surface area contributed by atoms with Crippen LogP contribution in [0.5, 0.6) is 0 Å². The zero-order chi connectivity index (χ0) is 13.8. The highest BCUT2D eigenvalue weighted by Crippen LogP contribution is 2.30. The Morgan fingerprint density at radius 3 is 2.22 bits per heavy atom. The highest BCUT2D eigenvalue weighted by atomic mass is 35.5. The molecule has 0 heterocycles. The summed E-state index contributed by atoms with van der Waals surface area (Å²) in [6.07, 6.45) is -3.96. The number of hydrogen-bond donors (Lipinski definition) is 1. The molecule has 6 heteroatoms. The van der Waals surface area contributed by atoms with E-state index in [0.29, 0.717) is 18.5 Å². The van der Waals surface area contributed by atoms with Crippen LogP contribution < -0.4 is 5.32 Å². The molecule has 0 aliphatic carbocycles. The lowest BCUT2D eigenvalue weighted by Gasteiger charge is -2.22. The lowest BCUT2D eigenvalue weighted by Crippen LogP contribution is -2.44. The Hall–Kier alpha value is -0.450. The molecule has 0 amide bonds. The lowest BCUT2D eigenvalue weighted by molar-refractivity contribution is -0.155. The predicted octanol–water partition coefficient (Wildman–Crippen LogP) is 4.47. The van der Waals surface area contributed by atoms with Crippen LogP contribution in [0.1, 0.15) is 18.9 Å². The maximum atomic E-state index is 12.8. The van der Waals surface area contributed by atoms with Crippen LogP contribution in [0.3, 0.4) is 0 Å². The summed E-state index contributed by atoms with van der Waals surface area (Å²) in [5.41, 5.74) is 0.326. The number of nitrogens with one attached hydrogen (secondary N) is 1. The maximum Gasteiger partial charge on any atom is 0.404 e. The van der Waals surface area contributed by atoms with Crippen LogP contribution >= 0.6 is 23.2 Å².